The van der Waals surface area contributed by atoms with Gasteiger partial charge in [-0.2, -0.15) is 0 Å². The first-order valence-corrected chi connectivity index (χ1v) is 8.91. The van der Waals surface area contributed by atoms with E-state index in [4.69, 9.17) is 10.4 Å². The molecule has 0 aromatic heterocycles. The zero-order valence-corrected chi connectivity index (χ0v) is 16.1. The van der Waals surface area contributed by atoms with Crippen LogP contribution >= 0.6 is 0 Å². The number of hydrogen-bond donors (Lipinski definition) is 2. The predicted octanol–water partition coefficient (Wildman–Crippen LogP) is 4.66. The van der Waals surface area contributed by atoms with E-state index in [0.29, 0.717) is 41.2 Å². The van der Waals surface area contributed by atoms with Gasteiger partial charge in [0.25, 0.3) is 0 Å². The van der Waals surface area contributed by atoms with Crippen LogP contribution in [0.25, 0.3) is 0 Å². The van der Waals surface area contributed by atoms with Gasteiger partial charge in [-0.25, -0.2) is 8.78 Å². The Bertz CT molecular complexity index is 921. The van der Waals surface area contributed by atoms with Gasteiger partial charge in [-0.05, 0) is 55.8 Å². The van der Waals surface area contributed by atoms with Crippen LogP contribution in [0.1, 0.15) is 37.4 Å². The molecule has 0 bridgehead atoms. The van der Waals surface area contributed by atoms with Crippen LogP contribution in [0.5, 0.6) is 0 Å². The Balaban J connectivity index is 2.12. The third kappa shape index (κ3) is 6.31. The zero-order chi connectivity index (χ0) is 21.2. The van der Waals surface area contributed by atoms with Crippen molar-refractivity contribution < 1.29 is 19.2 Å². The summed E-state index contributed by atoms with van der Waals surface area (Å²) in [6.45, 7) is 3.56. The second-order valence-electron chi connectivity index (χ2n) is 6.24. The van der Waals surface area contributed by atoms with Gasteiger partial charge in [0, 0.05) is 24.7 Å². The molecule has 0 radical (unpaired) electrons. The molecule has 1 unspecified atom stereocenters. The van der Waals surface area contributed by atoms with Crippen LogP contribution in [0, 0.1) is 11.6 Å². The normalized spacial score (nSPS) is 14.4. The van der Waals surface area contributed by atoms with Gasteiger partial charge in [0.05, 0.1) is 11.4 Å². The maximum absolute atomic E-state index is 13.1. The third-order valence-corrected chi connectivity index (χ3v) is 4.13. The second-order valence-corrected chi connectivity index (χ2v) is 6.24. The lowest BCUT2D eigenvalue weighted by atomic mass is 10.0. The van der Waals surface area contributed by atoms with E-state index >= 15 is 0 Å². The molecule has 0 saturated carbocycles. The Morgan fingerprint density at radius 3 is 2.07 bits per heavy atom. The number of rotatable bonds is 8. The summed E-state index contributed by atoms with van der Waals surface area (Å²) in [4.78, 5) is 8.83. The molecule has 0 fully saturated rings. The van der Waals surface area contributed by atoms with Crippen molar-refractivity contribution in [3.05, 3.63) is 71.3 Å². The lowest BCUT2D eigenvalue weighted by Gasteiger charge is -2.11. The lowest BCUT2D eigenvalue weighted by molar-refractivity contribution is 0.316. The van der Waals surface area contributed by atoms with Crippen molar-refractivity contribution in [1.82, 2.24) is 0 Å². The van der Waals surface area contributed by atoms with Gasteiger partial charge in [-0.3, -0.25) is 9.98 Å². The molecule has 1 atom stereocenters. The van der Waals surface area contributed by atoms with Crippen LogP contribution in [-0.4, -0.2) is 40.3 Å². The molecule has 2 aromatic rings. The maximum Gasteiger partial charge on any atom is 0.123 e. The van der Waals surface area contributed by atoms with Crippen molar-refractivity contribution in [2.24, 2.45) is 20.3 Å². The molecule has 0 aliphatic rings. The molecule has 8 heteroatoms. The SMILES string of the molecule is C/C(=N\O)C(=NCCC=NC(/C(C)=N/O)c1ccc(F)cc1)c1ccc(F)cc1. The Labute approximate surface area is 167 Å². The van der Waals surface area contributed by atoms with Crippen LogP contribution in [0.15, 0.2) is 68.8 Å². The average Bonchev–Trinajstić information content (AvgIpc) is 2.74. The lowest BCUT2D eigenvalue weighted by Crippen LogP contribution is -2.13. The van der Waals surface area contributed by atoms with E-state index in [-0.39, 0.29) is 11.6 Å². The van der Waals surface area contributed by atoms with Gasteiger partial charge >= 0.3 is 0 Å². The minimum absolute atomic E-state index is 0.306. The van der Waals surface area contributed by atoms with E-state index in [2.05, 4.69) is 20.3 Å². The number of hydrogen-bond acceptors (Lipinski definition) is 6. The molecule has 0 aliphatic carbocycles. The first kappa shape index (κ1) is 21.9. The Morgan fingerprint density at radius 1 is 0.931 bits per heavy atom. The van der Waals surface area contributed by atoms with Gasteiger partial charge in [-0.1, -0.05) is 22.4 Å². The van der Waals surface area contributed by atoms with Gasteiger partial charge in [0.2, 0.25) is 0 Å². The number of halogens is 2. The van der Waals surface area contributed by atoms with Gasteiger partial charge in [0.1, 0.15) is 23.4 Å². The molecule has 0 aliphatic heterocycles. The Kier molecular flexibility index (Phi) is 8.14. The molecular weight excluding hydrogens is 378 g/mol. The second kappa shape index (κ2) is 10.8. The van der Waals surface area contributed by atoms with Crippen molar-refractivity contribution in [3.8, 4) is 0 Å². The van der Waals surface area contributed by atoms with E-state index in [9.17, 15) is 8.78 Å². The van der Waals surface area contributed by atoms with Crippen molar-refractivity contribution in [2.75, 3.05) is 6.54 Å². The van der Waals surface area contributed by atoms with Crippen molar-refractivity contribution in [1.29, 1.82) is 0 Å². The van der Waals surface area contributed by atoms with Crippen LogP contribution in [0.3, 0.4) is 0 Å². The topological polar surface area (TPSA) is 89.9 Å². The highest BCUT2D eigenvalue weighted by atomic mass is 19.1. The molecule has 0 heterocycles. The van der Waals surface area contributed by atoms with Crippen LogP contribution < -0.4 is 0 Å². The first-order valence-electron chi connectivity index (χ1n) is 8.91. The van der Waals surface area contributed by atoms with E-state index < -0.39 is 6.04 Å². The van der Waals surface area contributed by atoms with Gasteiger partial charge in [0.15, 0.2) is 0 Å². The number of nitrogens with zero attached hydrogens (tertiary/aromatic N) is 4. The van der Waals surface area contributed by atoms with Crippen LogP contribution in [0.2, 0.25) is 0 Å². The largest absolute Gasteiger partial charge is 0.411 e. The third-order valence-electron chi connectivity index (χ3n) is 4.13. The fraction of sp³-hybridized carbons (Fsp3) is 0.238. The highest BCUT2D eigenvalue weighted by Crippen LogP contribution is 2.19. The molecular formula is C21H22F2N4O2. The summed E-state index contributed by atoms with van der Waals surface area (Å²) in [6.07, 6.45) is 2.10. The fourth-order valence-corrected chi connectivity index (χ4v) is 2.62. The summed E-state index contributed by atoms with van der Waals surface area (Å²) in [5, 5.41) is 24.5. The standard InChI is InChI=1S/C21H22F2N4O2/c1-14(26-28)20(16-4-8-18(22)9-5-16)24-12-3-13-25-21(15(2)27-29)17-6-10-19(23)11-7-17/h4-12,20,28-29H,3,13H2,1-2H3/b24-12?,25-21?,26-14+,27-15+. The summed E-state index contributed by atoms with van der Waals surface area (Å²) in [5.74, 6) is -0.731. The average molecular weight is 400 g/mol. The molecule has 2 aromatic carbocycles. The van der Waals surface area contributed by atoms with Crippen molar-refractivity contribution >= 4 is 23.3 Å². The molecule has 29 heavy (non-hydrogen) atoms. The maximum atomic E-state index is 13.1. The summed E-state index contributed by atoms with van der Waals surface area (Å²) < 4.78 is 26.3. The van der Waals surface area contributed by atoms with Crippen LogP contribution in [0.4, 0.5) is 8.78 Å². The molecule has 2 N–H and O–H groups in total. The number of oxime groups is 2. The minimum atomic E-state index is -0.540. The summed E-state index contributed by atoms with van der Waals surface area (Å²) in [5.41, 5.74) is 2.44. The van der Waals surface area contributed by atoms with Gasteiger partial charge in [-0.15, -0.1) is 0 Å². The highest BCUT2D eigenvalue weighted by Gasteiger charge is 2.13. The van der Waals surface area contributed by atoms with E-state index in [1.165, 1.54) is 24.3 Å². The molecule has 0 spiro atoms. The summed E-state index contributed by atoms with van der Waals surface area (Å²) >= 11 is 0. The summed E-state index contributed by atoms with van der Waals surface area (Å²) in [6, 6.07) is 11.0. The fourth-order valence-electron chi connectivity index (χ4n) is 2.62. The Morgan fingerprint density at radius 2 is 1.52 bits per heavy atom. The smallest absolute Gasteiger partial charge is 0.123 e. The van der Waals surface area contributed by atoms with Gasteiger partial charge < -0.3 is 10.4 Å². The number of benzene rings is 2. The Hall–Kier alpha value is -3.42. The minimum Gasteiger partial charge on any atom is -0.411 e. The summed E-state index contributed by atoms with van der Waals surface area (Å²) in [7, 11) is 0. The monoisotopic (exact) mass is 400 g/mol. The van der Waals surface area contributed by atoms with Crippen molar-refractivity contribution in [3.63, 3.8) is 0 Å². The first-order chi connectivity index (χ1) is 14.0. The molecule has 152 valence electrons. The molecule has 0 saturated heterocycles. The zero-order valence-electron chi connectivity index (χ0n) is 16.1. The highest BCUT2D eigenvalue weighted by molar-refractivity contribution is 6.47. The molecule has 6 nitrogen and oxygen atoms in total. The van der Waals surface area contributed by atoms with Crippen molar-refractivity contribution in [2.45, 2.75) is 26.3 Å². The molecule has 2 rings (SSSR count). The van der Waals surface area contributed by atoms with E-state index in [1.54, 1.807) is 44.3 Å². The predicted molar refractivity (Wildman–Crippen MR) is 110 cm³/mol. The van der Waals surface area contributed by atoms with E-state index in [0.717, 1.165) is 0 Å². The van der Waals surface area contributed by atoms with E-state index in [1.807, 2.05) is 0 Å². The molecule has 0 amide bonds. The quantitative estimate of drug-likeness (QED) is 0.292. The van der Waals surface area contributed by atoms with Crippen LogP contribution in [-0.2, 0) is 0 Å². The number of aliphatic imine (C=N–C) groups is 2.